The SMILES string of the molecule is CCOC(=O)c1nn(-c2ccccc2F)c(=O)c2c(NC(=O)C(c3ccccc3)c3ccccc3)scc12. The van der Waals surface area contributed by atoms with Gasteiger partial charge in [0.15, 0.2) is 5.69 Å². The van der Waals surface area contributed by atoms with E-state index in [0.29, 0.717) is 0 Å². The zero-order valence-corrected chi connectivity index (χ0v) is 21.1. The van der Waals surface area contributed by atoms with Gasteiger partial charge >= 0.3 is 5.97 Å². The highest BCUT2D eigenvalue weighted by Gasteiger charge is 2.27. The summed E-state index contributed by atoms with van der Waals surface area (Å²) in [6.07, 6.45) is 0. The smallest absolute Gasteiger partial charge is 0.359 e. The van der Waals surface area contributed by atoms with E-state index in [1.54, 1.807) is 18.4 Å². The van der Waals surface area contributed by atoms with Gasteiger partial charge in [0.05, 0.1) is 17.9 Å². The van der Waals surface area contributed by atoms with Crippen LogP contribution in [0.15, 0.2) is 95.1 Å². The molecule has 5 aromatic rings. The Morgan fingerprint density at radius 3 is 2.18 bits per heavy atom. The number of esters is 1. The van der Waals surface area contributed by atoms with Crippen LogP contribution < -0.4 is 10.9 Å². The molecule has 0 spiro atoms. The molecule has 0 saturated heterocycles. The molecule has 3 aromatic carbocycles. The number of hydrogen-bond acceptors (Lipinski definition) is 6. The van der Waals surface area contributed by atoms with Crippen molar-refractivity contribution < 1.29 is 18.7 Å². The Bertz CT molecular complexity index is 1640. The fourth-order valence-electron chi connectivity index (χ4n) is 4.25. The average Bonchev–Trinajstić information content (AvgIpc) is 3.35. The summed E-state index contributed by atoms with van der Waals surface area (Å²) in [4.78, 5) is 40.1. The third-order valence-corrected chi connectivity index (χ3v) is 6.86. The Balaban J connectivity index is 1.65. The summed E-state index contributed by atoms with van der Waals surface area (Å²) in [6.45, 7) is 1.74. The fourth-order valence-corrected chi connectivity index (χ4v) is 5.19. The number of halogens is 1. The summed E-state index contributed by atoms with van der Waals surface area (Å²) in [5, 5.41) is 9.10. The Kier molecular flexibility index (Phi) is 7.10. The number of benzene rings is 3. The van der Waals surface area contributed by atoms with Crippen molar-refractivity contribution in [2.24, 2.45) is 0 Å². The number of rotatable bonds is 7. The summed E-state index contributed by atoms with van der Waals surface area (Å²) in [7, 11) is 0. The quantitative estimate of drug-likeness (QED) is 0.281. The van der Waals surface area contributed by atoms with Crippen molar-refractivity contribution in [3.05, 3.63) is 123 Å². The summed E-state index contributed by atoms with van der Waals surface area (Å²) < 4.78 is 20.7. The van der Waals surface area contributed by atoms with Gasteiger partial charge in [0.1, 0.15) is 16.5 Å². The second-order valence-corrected chi connectivity index (χ2v) is 9.21. The number of amides is 1. The number of carbonyl (C=O) groups is 2. The minimum Gasteiger partial charge on any atom is -0.461 e. The summed E-state index contributed by atoms with van der Waals surface area (Å²) in [5.41, 5.74) is 0.596. The lowest BCUT2D eigenvalue weighted by Crippen LogP contribution is -2.27. The molecule has 0 fully saturated rings. The Morgan fingerprint density at radius 1 is 0.974 bits per heavy atom. The molecule has 0 bridgehead atoms. The van der Waals surface area contributed by atoms with Crippen LogP contribution in [0, 0.1) is 5.82 Å². The van der Waals surface area contributed by atoms with Gasteiger partial charge in [-0.05, 0) is 30.2 Å². The molecule has 1 amide bonds. The third-order valence-electron chi connectivity index (χ3n) is 5.97. The van der Waals surface area contributed by atoms with E-state index in [1.165, 1.54) is 18.2 Å². The maximum absolute atomic E-state index is 14.7. The Morgan fingerprint density at radius 2 is 1.58 bits per heavy atom. The lowest BCUT2D eigenvalue weighted by molar-refractivity contribution is -0.116. The molecule has 0 aliphatic rings. The maximum atomic E-state index is 14.7. The molecule has 0 unspecified atom stereocenters. The van der Waals surface area contributed by atoms with E-state index in [2.05, 4.69) is 10.4 Å². The van der Waals surface area contributed by atoms with E-state index in [-0.39, 0.29) is 39.7 Å². The molecule has 0 aliphatic carbocycles. The minimum absolute atomic E-state index is 0.0459. The second-order valence-electron chi connectivity index (χ2n) is 8.33. The van der Waals surface area contributed by atoms with E-state index >= 15 is 0 Å². The molecular formula is C29H22FN3O4S. The first kappa shape index (κ1) is 25.0. The molecule has 2 aromatic heterocycles. The van der Waals surface area contributed by atoms with Crippen LogP contribution in [0.4, 0.5) is 9.39 Å². The number of ether oxygens (including phenoxy) is 1. The van der Waals surface area contributed by atoms with E-state index in [0.717, 1.165) is 27.1 Å². The molecule has 9 heteroatoms. The molecular weight excluding hydrogens is 505 g/mol. The molecule has 0 atom stereocenters. The molecule has 0 radical (unpaired) electrons. The molecule has 7 nitrogen and oxygen atoms in total. The van der Waals surface area contributed by atoms with Crippen LogP contribution in [0.5, 0.6) is 0 Å². The van der Waals surface area contributed by atoms with Crippen molar-refractivity contribution in [3.8, 4) is 5.69 Å². The highest BCUT2D eigenvalue weighted by molar-refractivity contribution is 7.16. The molecule has 38 heavy (non-hydrogen) atoms. The average molecular weight is 528 g/mol. The molecule has 190 valence electrons. The van der Waals surface area contributed by atoms with Gasteiger partial charge in [-0.25, -0.2) is 9.18 Å². The normalized spacial score (nSPS) is 11.0. The fraction of sp³-hybridized carbons (Fsp3) is 0.103. The first-order valence-electron chi connectivity index (χ1n) is 11.9. The van der Waals surface area contributed by atoms with Crippen LogP contribution in [-0.4, -0.2) is 28.3 Å². The predicted molar refractivity (Wildman–Crippen MR) is 144 cm³/mol. The number of thiophene rings is 1. The zero-order valence-electron chi connectivity index (χ0n) is 20.3. The Labute approximate surface area is 221 Å². The number of nitrogens with zero attached hydrogens (tertiary/aromatic N) is 2. The van der Waals surface area contributed by atoms with Crippen molar-refractivity contribution in [3.63, 3.8) is 0 Å². The largest absolute Gasteiger partial charge is 0.461 e. The van der Waals surface area contributed by atoms with Crippen molar-refractivity contribution >= 4 is 39.0 Å². The topological polar surface area (TPSA) is 90.3 Å². The van der Waals surface area contributed by atoms with Crippen LogP contribution in [0.3, 0.4) is 0 Å². The molecule has 1 N–H and O–H groups in total. The van der Waals surface area contributed by atoms with Gasteiger partial charge < -0.3 is 10.1 Å². The van der Waals surface area contributed by atoms with Gasteiger partial charge in [0, 0.05) is 10.8 Å². The lowest BCUT2D eigenvalue weighted by Gasteiger charge is -2.17. The van der Waals surface area contributed by atoms with Gasteiger partial charge in [-0.15, -0.1) is 11.3 Å². The van der Waals surface area contributed by atoms with Crippen LogP contribution >= 0.6 is 11.3 Å². The predicted octanol–water partition coefficient (Wildman–Crippen LogP) is 5.53. The summed E-state index contributed by atoms with van der Waals surface area (Å²) >= 11 is 1.08. The molecule has 5 rings (SSSR count). The van der Waals surface area contributed by atoms with Gasteiger partial charge in [0.25, 0.3) is 5.56 Å². The number of hydrogen-bond donors (Lipinski definition) is 1. The summed E-state index contributed by atoms with van der Waals surface area (Å²) in [6, 6.07) is 24.2. The highest BCUT2D eigenvalue weighted by atomic mass is 32.1. The van der Waals surface area contributed by atoms with Gasteiger partial charge in [-0.3, -0.25) is 9.59 Å². The Hall–Kier alpha value is -4.63. The van der Waals surface area contributed by atoms with Gasteiger partial charge in [0.2, 0.25) is 5.91 Å². The van der Waals surface area contributed by atoms with E-state index in [4.69, 9.17) is 4.74 Å². The van der Waals surface area contributed by atoms with E-state index < -0.39 is 23.3 Å². The first-order chi connectivity index (χ1) is 18.5. The van der Waals surface area contributed by atoms with Crippen molar-refractivity contribution in [2.45, 2.75) is 12.8 Å². The van der Waals surface area contributed by atoms with Crippen LogP contribution in [-0.2, 0) is 9.53 Å². The third kappa shape index (κ3) is 4.71. The minimum atomic E-state index is -0.760. The number of aromatic nitrogens is 2. The van der Waals surface area contributed by atoms with Crippen molar-refractivity contribution in [1.82, 2.24) is 9.78 Å². The van der Waals surface area contributed by atoms with Crippen LogP contribution in [0.25, 0.3) is 16.5 Å². The van der Waals surface area contributed by atoms with Gasteiger partial charge in [-0.1, -0.05) is 72.8 Å². The van der Waals surface area contributed by atoms with Gasteiger partial charge in [-0.2, -0.15) is 9.78 Å². The highest BCUT2D eigenvalue weighted by Crippen LogP contribution is 2.33. The first-order valence-corrected chi connectivity index (χ1v) is 12.7. The molecule has 0 saturated carbocycles. The molecule has 0 aliphatic heterocycles. The maximum Gasteiger partial charge on any atom is 0.359 e. The van der Waals surface area contributed by atoms with Crippen LogP contribution in [0.1, 0.15) is 34.5 Å². The lowest BCUT2D eigenvalue weighted by atomic mass is 9.90. The zero-order chi connectivity index (χ0) is 26.6. The number of anilines is 1. The number of nitrogens with one attached hydrogen (secondary N) is 1. The number of carbonyl (C=O) groups excluding carboxylic acids is 2. The second kappa shape index (κ2) is 10.8. The number of fused-ring (bicyclic) bond motifs is 1. The van der Waals surface area contributed by atoms with Crippen LogP contribution in [0.2, 0.25) is 0 Å². The molecule has 2 heterocycles. The van der Waals surface area contributed by atoms with Crippen molar-refractivity contribution in [1.29, 1.82) is 0 Å². The monoisotopic (exact) mass is 527 g/mol. The summed E-state index contributed by atoms with van der Waals surface area (Å²) in [5.74, 6) is -2.47. The number of para-hydroxylation sites is 1. The van der Waals surface area contributed by atoms with E-state index in [9.17, 15) is 18.8 Å². The standard InChI is InChI=1S/C29H22FN3O4S/c1-2-37-29(36)25-20-17-38-27(24(20)28(35)33(32-25)22-16-10-9-15-21(22)30)31-26(34)23(18-11-5-3-6-12-18)19-13-7-4-8-14-19/h3-17,23H,2H2,1H3,(H,31,34). The van der Waals surface area contributed by atoms with Crippen molar-refractivity contribution in [2.75, 3.05) is 11.9 Å². The van der Waals surface area contributed by atoms with E-state index in [1.807, 2.05) is 60.7 Å².